The first-order chi connectivity index (χ1) is 8.65. The number of nitrogens with zero attached hydrogens (tertiary/aromatic N) is 1. The minimum atomic E-state index is -0.104. The zero-order valence-electron chi connectivity index (χ0n) is 10.1. The Kier molecular flexibility index (Phi) is 3.57. The van der Waals surface area contributed by atoms with Crippen molar-refractivity contribution in [2.75, 3.05) is 5.32 Å². The molecule has 92 valence electrons. The first-order valence-electron chi connectivity index (χ1n) is 5.63. The molecule has 1 amide bonds. The summed E-state index contributed by atoms with van der Waals surface area (Å²) in [5.74, 6) is 0.119. The van der Waals surface area contributed by atoms with Gasteiger partial charge in [-0.1, -0.05) is 6.07 Å². The predicted molar refractivity (Wildman–Crippen MR) is 69.4 cm³/mol. The molecule has 0 atom stereocenters. The molecule has 0 saturated heterocycles. The number of aromatic hydroxyl groups is 1. The topological polar surface area (TPSA) is 62.2 Å². The Balaban J connectivity index is 2.01. The summed E-state index contributed by atoms with van der Waals surface area (Å²) >= 11 is 0. The van der Waals surface area contributed by atoms with E-state index in [1.165, 1.54) is 0 Å². The van der Waals surface area contributed by atoms with E-state index >= 15 is 0 Å². The Morgan fingerprint density at radius 3 is 2.89 bits per heavy atom. The fourth-order valence-electron chi connectivity index (χ4n) is 1.63. The van der Waals surface area contributed by atoms with E-state index in [9.17, 15) is 9.90 Å². The van der Waals surface area contributed by atoms with Crippen LogP contribution in [-0.2, 0) is 11.2 Å². The van der Waals surface area contributed by atoms with Crippen LogP contribution in [-0.4, -0.2) is 16.0 Å². The number of phenolic OH excluding ortho intramolecular Hbond substituents is 1. The number of carbonyl (C=O) groups excluding carboxylic acids is 1. The van der Waals surface area contributed by atoms with Gasteiger partial charge in [0.15, 0.2) is 0 Å². The van der Waals surface area contributed by atoms with Crippen molar-refractivity contribution in [1.82, 2.24) is 4.98 Å². The maximum atomic E-state index is 11.8. The molecule has 0 aliphatic carbocycles. The highest BCUT2D eigenvalue weighted by Gasteiger charge is 2.05. The summed E-state index contributed by atoms with van der Waals surface area (Å²) in [6, 6.07) is 8.62. The van der Waals surface area contributed by atoms with Gasteiger partial charge in [0.05, 0.1) is 6.42 Å². The number of amides is 1. The third-order valence-corrected chi connectivity index (χ3v) is 2.57. The second-order valence-corrected chi connectivity index (χ2v) is 4.09. The molecule has 0 radical (unpaired) electrons. The average Bonchev–Trinajstić information content (AvgIpc) is 2.35. The Morgan fingerprint density at radius 1 is 1.39 bits per heavy atom. The van der Waals surface area contributed by atoms with E-state index in [1.54, 1.807) is 43.6 Å². The molecule has 2 rings (SSSR count). The van der Waals surface area contributed by atoms with Gasteiger partial charge in [-0.05, 0) is 42.3 Å². The molecule has 1 heterocycles. The SMILES string of the molecule is Cc1cc(NC(=O)Cc2cccnc2)ccc1O. The molecule has 2 N–H and O–H groups in total. The van der Waals surface area contributed by atoms with Crippen molar-refractivity contribution in [3.05, 3.63) is 53.9 Å². The molecule has 0 saturated carbocycles. The number of nitrogens with one attached hydrogen (secondary N) is 1. The van der Waals surface area contributed by atoms with Crippen LogP contribution < -0.4 is 5.32 Å². The largest absolute Gasteiger partial charge is 0.508 e. The highest BCUT2D eigenvalue weighted by molar-refractivity contribution is 5.92. The number of pyridine rings is 1. The number of hydrogen-bond acceptors (Lipinski definition) is 3. The molecule has 1 aromatic carbocycles. The first kappa shape index (κ1) is 12.1. The highest BCUT2D eigenvalue weighted by atomic mass is 16.3. The number of rotatable bonds is 3. The van der Waals surface area contributed by atoms with Crippen molar-refractivity contribution in [1.29, 1.82) is 0 Å². The smallest absolute Gasteiger partial charge is 0.228 e. The standard InChI is InChI=1S/C14H14N2O2/c1-10-7-12(4-5-13(10)17)16-14(18)8-11-3-2-6-15-9-11/h2-7,9,17H,8H2,1H3,(H,16,18). The minimum Gasteiger partial charge on any atom is -0.508 e. The van der Waals surface area contributed by atoms with Gasteiger partial charge in [0, 0.05) is 18.1 Å². The Labute approximate surface area is 105 Å². The molecule has 1 aromatic heterocycles. The summed E-state index contributed by atoms with van der Waals surface area (Å²) in [6.45, 7) is 1.78. The van der Waals surface area contributed by atoms with E-state index in [0.29, 0.717) is 5.69 Å². The number of carbonyl (C=O) groups is 1. The summed E-state index contributed by atoms with van der Waals surface area (Å²) in [6.07, 6.45) is 3.63. The van der Waals surface area contributed by atoms with Gasteiger partial charge in [0.2, 0.25) is 5.91 Å². The van der Waals surface area contributed by atoms with Crippen LogP contribution in [0.4, 0.5) is 5.69 Å². The summed E-state index contributed by atoms with van der Waals surface area (Å²) in [5, 5.41) is 12.2. The number of benzene rings is 1. The van der Waals surface area contributed by atoms with E-state index in [-0.39, 0.29) is 18.1 Å². The second-order valence-electron chi connectivity index (χ2n) is 4.09. The lowest BCUT2D eigenvalue weighted by molar-refractivity contribution is -0.115. The van der Waals surface area contributed by atoms with Crippen LogP contribution in [0.15, 0.2) is 42.7 Å². The van der Waals surface area contributed by atoms with Crippen molar-refractivity contribution in [2.24, 2.45) is 0 Å². The molecular weight excluding hydrogens is 228 g/mol. The monoisotopic (exact) mass is 242 g/mol. The normalized spacial score (nSPS) is 10.1. The van der Waals surface area contributed by atoms with Crippen LogP contribution in [0.2, 0.25) is 0 Å². The van der Waals surface area contributed by atoms with Gasteiger partial charge >= 0.3 is 0 Å². The third-order valence-electron chi connectivity index (χ3n) is 2.57. The van der Waals surface area contributed by atoms with Crippen molar-refractivity contribution in [3.8, 4) is 5.75 Å². The number of hydrogen-bond donors (Lipinski definition) is 2. The molecule has 2 aromatic rings. The van der Waals surface area contributed by atoms with Crippen molar-refractivity contribution >= 4 is 11.6 Å². The maximum Gasteiger partial charge on any atom is 0.228 e. The van der Waals surface area contributed by atoms with E-state index in [0.717, 1.165) is 11.1 Å². The molecule has 0 fully saturated rings. The Bertz CT molecular complexity index is 553. The van der Waals surface area contributed by atoms with Gasteiger partial charge in [-0.15, -0.1) is 0 Å². The predicted octanol–water partition coefficient (Wildman–Crippen LogP) is 2.28. The average molecular weight is 242 g/mol. The Hall–Kier alpha value is -2.36. The second kappa shape index (κ2) is 5.31. The molecule has 0 aliphatic rings. The first-order valence-corrected chi connectivity index (χ1v) is 5.63. The van der Waals surface area contributed by atoms with Gasteiger partial charge in [-0.3, -0.25) is 9.78 Å². The summed E-state index contributed by atoms with van der Waals surface area (Å²) in [5.41, 5.74) is 2.28. The maximum absolute atomic E-state index is 11.8. The molecule has 0 spiro atoms. The fourth-order valence-corrected chi connectivity index (χ4v) is 1.63. The molecule has 0 bridgehead atoms. The van der Waals surface area contributed by atoms with Crippen LogP contribution in [0.25, 0.3) is 0 Å². The van der Waals surface area contributed by atoms with Crippen LogP contribution in [0, 0.1) is 6.92 Å². The lowest BCUT2D eigenvalue weighted by Gasteiger charge is -2.07. The van der Waals surface area contributed by atoms with Gasteiger partial charge in [-0.25, -0.2) is 0 Å². The fraction of sp³-hybridized carbons (Fsp3) is 0.143. The zero-order valence-corrected chi connectivity index (χ0v) is 10.1. The molecule has 4 nitrogen and oxygen atoms in total. The Morgan fingerprint density at radius 2 is 2.22 bits per heavy atom. The minimum absolute atomic E-state index is 0.104. The third kappa shape index (κ3) is 3.07. The summed E-state index contributed by atoms with van der Waals surface area (Å²) in [4.78, 5) is 15.7. The van der Waals surface area contributed by atoms with Gasteiger partial charge < -0.3 is 10.4 Å². The van der Waals surface area contributed by atoms with Crippen molar-refractivity contribution in [2.45, 2.75) is 13.3 Å². The van der Waals surface area contributed by atoms with Crippen LogP contribution in [0.5, 0.6) is 5.75 Å². The van der Waals surface area contributed by atoms with E-state index in [1.807, 2.05) is 6.07 Å². The molecule has 4 heteroatoms. The molecular formula is C14H14N2O2. The highest BCUT2D eigenvalue weighted by Crippen LogP contribution is 2.20. The van der Waals surface area contributed by atoms with Gasteiger partial charge in [-0.2, -0.15) is 0 Å². The van der Waals surface area contributed by atoms with E-state index in [4.69, 9.17) is 0 Å². The van der Waals surface area contributed by atoms with Crippen molar-refractivity contribution < 1.29 is 9.90 Å². The van der Waals surface area contributed by atoms with Gasteiger partial charge in [0.25, 0.3) is 0 Å². The lowest BCUT2D eigenvalue weighted by Crippen LogP contribution is -2.14. The van der Waals surface area contributed by atoms with E-state index < -0.39 is 0 Å². The molecule has 0 unspecified atom stereocenters. The number of aryl methyl sites for hydroxylation is 1. The van der Waals surface area contributed by atoms with Crippen LogP contribution in [0.1, 0.15) is 11.1 Å². The quantitative estimate of drug-likeness (QED) is 0.812. The number of aromatic nitrogens is 1. The van der Waals surface area contributed by atoms with Crippen LogP contribution in [0.3, 0.4) is 0 Å². The summed E-state index contributed by atoms with van der Waals surface area (Å²) in [7, 11) is 0. The lowest BCUT2D eigenvalue weighted by atomic mass is 10.2. The molecule has 18 heavy (non-hydrogen) atoms. The van der Waals surface area contributed by atoms with Gasteiger partial charge in [0.1, 0.15) is 5.75 Å². The van der Waals surface area contributed by atoms with Crippen molar-refractivity contribution in [3.63, 3.8) is 0 Å². The molecule has 0 aliphatic heterocycles. The van der Waals surface area contributed by atoms with Crippen LogP contribution >= 0.6 is 0 Å². The van der Waals surface area contributed by atoms with E-state index in [2.05, 4.69) is 10.3 Å². The number of anilines is 1. The summed E-state index contributed by atoms with van der Waals surface area (Å²) < 4.78 is 0. The number of phenols is 1. The zero-order chi connectivity index (χ0) is 13.0.